The molecule has 4 nitrogen and oxygen atoms in total. The number of rotatable bonds is 2. The number of ether oxygens (including phenoxy) is 1. The Hall–Kier alpha value is -1.55. The van der Waals surface area contributed by atoms with E-state index in [1.807, 2.05) is 17.9 Å². The number of benzene rings is 1. The summed E-state index contributed by atoms with van der Waals surface area (Å²) in [7, 11) is 1.67. The molecule has 0 aliphatic carbocycles. The predicted molar refractivity (Wildman–Crippen MR) is 75.3 cm³/mol. The average molecular weight is 262 g/mol. The van der Waals surface area contributed by atoms with E-state index in [0.717, 1.165) is 24.3 Å². The van der Waals surface area contributed by atoms with Crippen LogP contribution in [0, 0.1) is 6.92 Å². The lowest BCUT2D eigenvalue weighted by Gasteiger charge is -2.37. The first-order chi connectivity index (χ1) is 9.02. The minimum atomic E-state index is 0.114. The number of carbonyl (C=O) groups is 1. The lowest BCUT2D eigenvalue weighted by atomic mass is 9.86. The maximum atomic E-state index is 11.5. The van der Waals surface area contributed by atoms with Gasteiger partial charge in [-0.1, -0.05) is 12.1 Å². The van der Waals surface area contributed by atoms with Gasteiger partial charge in [0.2, 0.25) is 5.91 Å². The Morgan fingerprint density at radius 1 is 1.47 bits per heavy atom. The molecule has 104 valence electrons. The number of likely N-dealkylation sites (tertiary alicyclic amines) is 1. The van der Waals surface area contributed by atoms with Gasteiger partial charge in [-0.3, -0.25) is 4.79 Å². The van der Waals surface area contributed by atoms with Crippen LogP contribution in [0.3, 0.4) is 0 Å². The number of aryl methyl sites for hydroxylation is 1. The molecule has 4 heteroatoms. The minimum Gasteiger partial charge on any atom is -0.496 e. The maximum Gasteiger partial charge on any atom is 0.219 e. The molecule has 2 atom stereocenters. The van der Waals surface area contributed by atoms with E-state index in [2.05, 4.69) is 12.1 Å². The van der Waals surface area contributed by atoms with Crippen molar-refractivity contribution in [3.8, 4) is 5.75 Å². The highest BCUT2D eigenvalue weighted by atomic mass is 16.5. The molecule has 1 amide bonds. The molecule has 1 aliphatic rings. The van der Waals surface area contributed by atoms with Gasteiger partial charge in [0.05, 0.1) is 7.11 Å². The standard InChI is InChI=1S/C15H22N2O2/c1-10-8-12(4-5-15(10)19-3)13-9-17(11(2)18)7-6-14(13)16/h4-5,8,13-14H,6-7,9,16H2,1-3H3. The Bertz CT molecular complexity index is 473. The Labute approximate surface area is 114 Å². The van der Waals surface area contributed by atoms with Crippen LogP contribution < -0.4 is 10.5 Å². The maximum absolute atomic E-state index is 11.5. The smallest absolute Gasteiger partial charge is 0.219 e. The van der Waals surface area contributed by atoms with Crippen LogP contribution in [0.25, 0.3) is 0 Å². The van der Waals surface area contributed by atoms with Crippen LogP contribution in [0.5, 0.6) is 5.75 Å². The van der Waals surface area contributed by atoms with E-state index >= 15 is 0 Å². The third-order valence-corrected chi connectivity index (χ3v) is 3.96. The molecule has 0 saturated carbocycles. The molecule has 2 N–H and O–H groups in total. The highest BCUT2D eigenvalue weighted by molar-refractivity contribution is 5.73. The molecule has 0 spiro atoms. The lowest BCUT2D eigenvalue weighted by Crippen LogP contribution is -2.47. The fourth-order valence-electron chi connectivity index (χ4n) is 2.74. The van der Waals surface area contributed by atoms with E-state index in [0.29, 0.717) is 6.54 Å². The minimum absolute atomic E-state index is 0.114. The third-order valence-electron chi connectivity index (χ3n) is 3.96. The number of carbonyl (C=O) groups excluding carboxylic acids is 1. The van der Waals surface area contributed by atoms with E-state index in [9.17, 15) is 4.79 Å². The Morgan fingerprint density at radius 3 is 2.79 bits per heavy atom. The van der Waals surface area contributed by atoms with Crippen molar-refractivity contribution in [2.75, 3.05) is 20.2 Å². The highest BCUT2D eigenvalue weighted by Gasteiger charge is 2.29. The van der Waals surface area contributed by atoms with Gasteiger partial charge < -0.3 is 15.4 Å². The van der Waals surface area contributed by atoms with Gasteiger partial charge in [0.25, 0.3) is 0 Å². The molecular weight excluding hydrogens is 240 g/mol. The molecule has 2 rings (SSSR count). The topological polar surface area (TPSA) is 55.6 Å². The van der Waals surface area contributed by atoms with Gasteiger partial charge in [-0.05, 0) is 30.5 Å². The molecule has 1 aromatic carbocycles. The van der Waals surface area contributed by atoms with Gasteiger partial charge in [0.15, 0.2) is 0 Å². The summed E-state index contributed by atoms with van der Waals surface area (Å²) in [4.78, 5) is 13.4. The molecule has 0 radical (unpaired) electrons. The zero-order valence-corrected chi connectivity index (χ0v) is 11.8. The predicted octanol–water partition coefficient (Wildman–Crippen LogP) is 1.67. The monoisotopic (exact) mass is 262 g/mol. The number of nitrogens with two attached hydrogens (primary N) is 1. The van der Waals surface area contributed by atoms with E-state index in [-0.39, 0.29) is 17.9 Å². The molecule has 1 fully saturated rings. The SMILES string of the molecule is COc1ccc(C2CN(C(C)=O)CCC2N)cc1C. The van der Waals surface area contributed by atoms with Crippen molar-refractivity contribution in [2.24, 2.45) is 5.73 Å². The van der Waals surface area contributed by atoms with Crippen LogP contribution in [-0.2, 0) is 4.79 Å². The van der Waals surface area contributed by atoms with Crippen molar-refractivity contribution in [3.63, 3.8) is 0 Å². The number of piperidine rings is 1. The second-order valence-electron chi connectivity index (χ2n) is 5.25. The first kappa shape index (κ1) is 13.9. The molecule has 19 heavy (non-hydrogen) atoms. The van der Waals surface area contributed by atoms with Crippen LogP contribution in [0.15, 0.2) is 18.2 Å². The van der Waals surface area contributed by atoms with Crippen LogP contribution in [-0.4, -0.2) is 37.0 Å². The molecular formula is C15H22N2O2. The van der Waals surface area contributed by atoms with Gasteiger partial charge in [-0.2, -0.15) is 0 Å². The molecule has 1 aliphatic heterocycles. The summed E-state index contributed by atoms with van der Waals surface area (Å²) in [6.45, 7) is 5.12. The van der Waals surface area contributed by atoms with Crippen molar-refractivity contribution in [3.05, 3.63) is 29.3 Å². The Morgan fingerprint density at radius 2 is 2.21 bits per heavy atom. The van der Waals surface area contributed by atoms with E-state index in [4.69, 9.17) is 10.5 Å². The third kappa shape index (κ3) is 2.89. The van der Waals surface area contributed by atoms with Crippen molar-refractivity contribution >= 4 is 5.91 Å². The van der Waals surface area contributed by atoms with Crippen molar-refractivity contribution in [2.45, 2.75) is 32.2 Å². The van der Waals surface area contributed by atoms with Crippen LogP contribution in [0.1, 0.15) is 30.4 Å². The summed E-state index contributed by atoms with van der Waals surface area (Å²) in [6.07, 6.45) is 0.856. The first-order valence-corrected chi connectivity index (χ1v) is 6.68. The van der Waals surface area contributed by atoms with Crippen LogP contribution >= 0.6 is 0 Å². The highest BCUT2D eigenvalue weighted by Crippen LogP contribution is 2.29. The number of nitrogens with zero attached hydrogens (tertiary/aromatic N) is 1. The van der Waals surface area contributed by atoms with Gasteiger partial charge in [-0.25, -0.2) is 0 Å². The van der Waals surface area contributed by atoms with Crippen molar-refractivity contribution in [1.29, 1.82) is 0 Å². The quantitative estimate of drug-likeness (QED) is 0.882. The van der Waals surface area contributed by atoms with Gasteiger partial charge in [0.1, 0.15) is 5.75 Å². The zero-order valence-electron chi connectivity index (χ0n) is 11.8. The average Bonchev–Trinajstić information content (AvgIpc) is 2.38. The number of hydrogen-bond donors (Lipinski definition) is 1. The zero-order chi connectivity index (χ0) is 14.0. The van der Waals surface area contributed by atoms with Gasteiger partial charge >= 0.3 is 0 Å². The van der Waals surface area contributed by atoms with Crippen LogP contribution in [0.4, 0.5) is 0 Å². The molecule has 1 heterocycles. The fourth-order valence-corrected chi connectivity index (χ4v) is 2.74. The summed E-state index contributed by atoms with van der Waals surface area (Å²) >= 11 is 0. The molecule has 0 aromatic heterocycles. The normalized spacial score (nSPS) is 23.3. The van der Waals surface area contributed by atoms with E-state index in [1.165, 1.54) is 5.56 Å². The van der Waals surface area contributed by atoms with Crippen molar-refractivity contribution in [1.82, 2.24) is 4.90 Å². The van der Waals surface area contributed by atoms with E-state index in [1.54, 1.807) is 14.0 Å². The first-order valence-electron chi connectivity index (χ1n) is 6.68. The van der Waals surface area contributed by atoms with Crippen molar-refractivity contribution < 1.29 is 9.53 Å². The fraction of sp³-hybridized carbons (Fsp3) is 0.533. The summed E-state index contributed by atoms with van der Waals surface area (Å²) in [5.41, 5.74) is 8.52. The summed E-state index contributed by atoms with van der Waals surface area (Å²) < 4.78 is 5.28. The molecule has 0 bridgehead atoms. The second-order valence-corrected chi connectivity index (χ2v) is 5.25. The molecule has 1 aromatic rings. The van der Waals surface area contributed by atoms with E-state index < -0.39 is 0 Å². The largest absolute Gasteiger partial charge is 0.496 e. The summed E-state index contributed by atoms with van der Waals surface area (Å²) in [6, 6.07) is 6.26. The van der Waals surface area contributed by atoms with Gasteiger partial charge in [-0.15, -0.1) is 0 Å². The Kier molecular flexibility index (Phi) is 4.10. The summed E-state index contributed by atoms with van der Waals surface area (Å²) in [5.74, 6) is 1.22. The van der Waals surface area contributed by atoms with Gasteiger partial charge in [0, 0.05) is 32.0 Å². The molecule has 2 unspecified atom stereocenters. The second kappa shape index (κ2) is 5.61. The number of amides is 1. The number of hydrogen-bond acceptors (Lipinski definition) is 3. The number of methoxy groups -OCH3 is 1. The summed E-state index contributed by atoms with van der Waals surface area (Å²) in [5, 5.41) is 0. The molecule has 1 saturated heterocycles. The lowest BCUT2D eigenvalue weighted by molar-refractivity contribution is -0.130. The van der Waals surface area contributed by atoms with Crippen LogP contribution in [0.2, 0.25) is 0 Å². The Balaban J connectivity index is 2.23.